The van der Waals surface area contributed by atoms with Crippen LogP contribution >= 0.6 is 0 Å². The molecule has 2 heterocycles. The van der Waals surface area contributed by atoms with Crippen molar-refractivity contribution in [1.29, 1.82) is 0 Å². The van der Waals surface area contributed by atoms with E-state index in [0.29, 0.717) is 6.04 Å². The van der Waals surface area contributed by atoms with Crippen molar-refractivity contribution in [2.24, 2.45) is 4.99 Å². The van der Waals surface area contributed by atoms with Crippen molar-refractivity contribution in [3.63, 3.8) is 0 Å². The number of aliphatic imine (C=N–C) groups is 1. The van der Waals surface area contributed by atoms with Gasteiger partial charge in [0.05, 0.1) is 14.2 Å². The maximum atomic E-state index is 5.41. The molecule has 3 rings (SSSR count). The first-order valence-electron chi connectivity index (χ1n) is 11.1. The quantitative estimate of drug-likeness (QED) is 0.363. The zero-order chi connectivity index (χ0) is 22.1. The summed E-state index contributed by atoms with van der Waals surface area (Å²) in [5, 5.41) is 7.04. The molecule has 170 valence electrons. The Labute approximate surface area is 185 Å². The van der Waals surface area contributed by atoms with Crippen LogP contribution in [-0.4, -0.2) is 62.5 Å². The fourth-order valence-electron chi connectivity index (χ4n) is 3.90. The summed E-state index contributed by atoms with van der Waals surface area (Å²) < 4.78 is 13.0. The minimum absolute atomic E-state index is 0.420. The summed E-state index contributed by atoms with van der Waals surface area (Å²) >= 11 is 0. The van der Waals surface area contributed by atoms with E-state index in [0.717, 1.165) is 80.8 Å². The van der Waals surface area contributed by atoms with Crippen molar-refractivity contribution in [3.8, 4) is 11.5 Å². The van der Waals surface area contributed by atoms with E-state index in [4.69, 9.17) is 9.47 Å². The van der Waals surface area contributed by atoms with Crippen LogP contribution in [0.4, 0.5) is 5.69 Å². The summed E-state index contributed by atoms with van der Waals surface area (Å²) in [6, 6.07) is 6.47. The highest BCUT2D eigenvalue weighted by Crippen LogP contribution is 2.30. The monoisotopic (exact) mass is 428 g/mol. The average Bonchev–Trinajstić information content (AvgIpc) is 3.22. The van der Waals surface area contributed by atoms with Gasteiger partial charge in [-0.25, -0.2) is 4.98 Å². The molecule has 0 atom stereocenters. The number of piperidine rings is 1. The highest BCUT2D eigenvalue weighted by atomic mass is 16.5. The first kappa shape index (κ1) is 22.8. The highest BCUT2D eigenvalue weighted by Gasteiger charge is 2.21. The second-order valence-corrected chi connectivity index (χ2v) is 7.85. The van der Waals surface area contributed by atoms with Crippen molar-refractivity contribution >= 4 is 11.6 Å². The number of aromatic nitrogens is 2. The second-order valence-electron chi connectivity index (χ2n) is 7.85. The number of anilines is 1. The molecule has 0 amide bonds. The Balaban J connectivity index is 1.39. The van der Waals surface area contributed by atoms with Gasteiger partial charge in [-0.05, 0) is 32.6 Å². The summed E-state index contributed by atoms with van der Waals surface area (Å²) in [6.07, 6.45) is 8.21. The van der Waals surface area contributed by atoms with Crippen molar-refractivity contribution in [3.05, 3.63) is 36.4 Å². The molecule has 1 aromatic heterocycles. The Bertz CT molecular complexity index is 820. The SMILES string of the molecule is CN=C(NCCCCn1ccnc1C)NC1CCN(c2cc(OC)cc(OC)c2)CC1. The van der Waals surface area contributed by atoms with Gasteiger partial charge < -0.3 is 29.6 Å². The van der Waals surface area contributed by atoms with Crippen molar-refractivity contribution < 1.29 is 9.47 Å². The van der Waals surface area contributed by atoms with Crippen LogP contribution in [0.3, 0.4) is 0 Å². The van der Waals surface area contributed by atoms with Gasteiger partial charge in [-0.15, -0.1) is 0 Å². The highest BCUT2D eigenvalue weighted by molar-refractivity contribution is 5.80. The second kappa shape index (κ2) is 11.5. The summed E-state index contributed by atoms with van der Waals surface area (Å²) in [5.74, 6) is 3.61. The first-order valence-corrected chi connectivity index (χ1v) is 11.1. The van der Waals surface area contributed by atoms with Gasteiger partial charge in [0.15, 0.2) is 5.96 Å². The van der Waals surface area contributed by atoms with Gasteiger partial charge in [0.2, 0.25) is 0 Å². The predicted molar refractivity (Wildman–Crippen MR) is 125 cm³/mol. The van der Waals surface area contributed by atoms with E-state index in [1.165, 1.54) is 0 Å². The molecule has 0 radical (unpaired) electrons. The molecule has 31 heavy (non-hydrogen) atoms. The Hall–Kier alpha value is -2.90. The third kappa shape index (κ3) is 6.54. The van der Waals surface area contributed by atoms with Crippen LogP contribution in [0.1, 0.15) is 31.5 Å². The number of nitrogens with one attached hydrogen (secondary N) is 2. The molecule has 0 spiro atoms. The lowest BCUT2D eigenvalue weighted by Crippen LogP contribution is -2.48. The van der Waals surface area contributed by atoms with Gasteiger partial charge in [-0.3, -0.25) is 4.99 Å². The van der Waals surface area contributed by atoms with E-state index >= 15 is 0 Å². The first-order chi connectivity index (χ1) is 15.1. The number of rotatable bonds is 9. The molecule has 8 heteroatoms. The molecular formula is C23H36N6O2. The number of imidazole rings is 1. The van der Waals surface area contributed by atoms with Gasteiger partial charge in [-0.1, -0.05) is 0 Å². The average molecular weight is 429 g/mol. The molecule has 2 aromatic rings. The topological polar surface area (TPSA) is 75.9 Å². The molecule has 2 N–H and O–H groups in total. The van der Waals surface area contributed by atoms with Crippen LogP contribution in [0.5, 0.6) is 11.5 Å². The summed E-state index contributed by atoms with van der Waals surface area (Å²) in [5.41, 5.74) is 1.14. The number of ether oxygens (including phenoxy) is 2. The van der Waals surface area contributed by atoms with Crippen LogP contribution in [0.25, 0.3) is 0 Å². The molecule has 0 aliphatic carbocycles. The zero-order valence-corrected chi connectivity index (χ0v) is 19.2. The van der Waals surface area contributed by atoms with Crippen molar-refractivity contribution in [2.75, 3.05) is 45.8 Å². The number of benzene rings is 1. The number of hydrogen-bond acceptors (Lipinski definition) is 5. The molecule has 1 fully saturated rings. The third-order valence-corrected chi connectivity index (χ3v) is 5.80. The molecule has 0 bridgehead atoms. The third-order valence-electron chi connectivity index (χ3n) is 5.80. The summed E-state index contributed by atoms with van der Waals surface area (Å²) in [7, 11) is 5.21. The Morgan fingerprint density at radius 3 is 2.42 bits per heavy atom. The lowest BCUT2D eigenvalue weighted by Gasteiger charge is -2.34. The maximum absolute atomic E-state index is 5.41. The number of methoxy groups -OCH3 is 2. The van der Waals surface area contributed by atoms with Gasteiger partial charge in [0.25, 0.3) is 0 Å². The fourth-order valence-corrected chi connectivity index (χ4v) is 3.90. The van der Waals surface area contributed by atoms with E-state index in [9.17, 15) is 0 Å². The van der Waals surface area contributed by atoms with Gasteiger partial charge >= 0.3 is 0 Å². The smallest absolute Gasteiger partial charge is 0.191 e. The molecule has 1 aliphatic heterocycles. The van der Waals surface area contributed by atoms with Crippen LogP contribution in [0, 0.1) is 6.92 Å². The number of aryl methyl sites for hydroxylation is 2. The van der Waals surface area contributed by atoms with E-state index in [1.54, 1.807) is 14.2 Å². The Morgan fingerprint density at radius 2 is 1.84 bits per heavy atom. The van der Waals surface area contributed by atoms with E-state index in [1.807, 2.05) is 32.4 Å². The number of unbranched alkanes of at least 4 members (excludes halogenated alkanes) is 1. The predicted octanol–water partition coefficient (Wildman–Crippen LogP) is 2.82. The van der Waals surface area contributed by atoms with E-state index in [-0.39, 0.29) is 0 Å². The normalized spacial score (nSPS) is 15.1. The fraction of sp³-hybridized carbons (Fsp3) is 0.565. The lowest BCUT2D eigenvalue weighted by atomic mass is 10.0. The number of hydrogen-bond donors (Lipinski definition) is 2. The van der Waals surface area contributed by atoms with E-state index < -0.39 is 0 Å². The van der Waals surface area contributed by atoms with Crippen LogP contribution in [0.2, 0.25) is 0 Å². The van der Waals surface area contributed by atoms with E-state index in [2.05, 4.69) is 42.2 Å². The maximum Gasteiger partial charge on any atom is 0.191 e. The summed E-state index contributed by atoms with van der Waals surface area (Å²) in [4.78, 5) is 11.1. The Kier molecular flexibility index (Phi) is 8.44. The molecule has 1 aromatic carbocycles. The molecule has 0 saturated carbocycles. The van der Waals surface area contributed by atoms with Crippen molar-refractivity contribution in [2.45, 2.75) is 45.2 Å². The molecule has 0 unspecified atom stereocenters. The number of nitrogens with zero attached hydrogens (tertiary/aromatic N) is 4. The van der Waals surface area contributed by atoms with Crippen molar-refractivity contribution in [1.82, 2.24) is 20.2 Å². The number of guanidine groups is 1. The largest absolute Gasteiger partial charge is 0.497 e. The van der Waals surface area contributed by atoms with Gasteiger partial charge in [0.1, 0.15) is 17.3 Å². The van der Waals surface area contributed by atoms with Crippen LogP contribution < -0.4 is 25.0 Å². The molecule has 8 nitrogen and oxygen atoms in total. The standard InChI is InChI=1S/C23H36N6O2/c1-18-25-10-14-28(18)11-6-5-9-26-23(24-2)27-19-7-12-29(13-8-19)20-15-21(30-3)17-22(16-20)31-4/h10,14-17,19H,5-9,11-13H2,1-4H3,(H2,24,26,27). The van der Waals surface area contributed by atoms with Crippen LogP contribution in [0.15, 0.2) is 35.6 Å². The Morgan fingerprint density at radius 1 is 1.13 bits per heavy atom. The molecule has 1 aliphatic rings. The molecular weight excluding hydrogens is 392 g/mol. The molecule has 1 saturated heterocycles. The van der Waals surface area contributed by atoms with Gasteiger partial charge in [-0.2, -0.15) is 0 Å². The lowest BCUT2D eigenvalue weighted by molar-refractivity contribution is 0.393. The minimum Gasteiger partial charge on any atom is -0.497 e. The zero-order valence-electron chi connectivity index (χ0n) is 19.2. The van der Waals surface area contributed by atoms with Gasteiger partial charge in [0, 0.05) is 75.5 Å². The minimum atomic E-state index is 0.420. The summed E-state index contributed by atoms with van der Waals surface area (Å²) in [6.45, 7) is 5.92. The van der Waals surface area contributed by atoms with Crippen LogP contribution in [-0.2, 0) is 6.54 Å².